The highest BCUT2D eigenvalue weighted by Gasteiger charge is 2.32. The molecule has 1 aliphatic rings. The summed E-state index contributed by atoms with van der Waals surface area (Å²) in [4.78, 5) is 31.9. The van der Waals surface area contributed by atoms with Crippen molar-refractivity contribution in [1.29, 1.82) is 0 Å². The third-order valence-corrected chi connectivity index (χ3v) is 5.94. The minimum Gasteiger partial charge on any atom is -0.444 e. The van der Waals surface area contributed by atoms with E-state index in [4.69, 9.17) is 4.74 Å². The Morgan fingerprint density at radius 1 is 1.11 bits per heavy atom. The number of likely N-dealkylation sites (tertiary alicyclic amines) is 1. The molecule has 2 heterocycles. The van der Waals surface area contributed by atoms with E-state index in [2.05, 4.69) is 10.3 Å². The minimum atomic E-state index is -4.56. The molecule has 4 rings (SSSR count). The first kappa shape index (κ1) is 25.5. The average Bonchev–Trinajstić information content (AvgIpc) is 3.14. The van der Waals surface area contributed by atoms with Crippen LogP contribution in [0.1, 0.15) is 61.1 Å². The van der Waals surface area contributed by atoms with E-state index in [1.54, 1.807) is 25.7 Å². The van der Waals surface area contributed by atoms with Gasteiger partial charge < -0.3 is 14.2 Å². The van der Waals surface area contributed by atoms with E-state index >= 15 is 0 Å². The minimum absolute atomic E-state index is 0.126. The second-order valence-corrected chi connectivity index (χ2v) is 10.1. The summed E-state index contributed by atoms with van der Waals surface area (Å²) >= 11 is 0. The van der Waals surface area contributed by atoms with Crippen molar-refractivity contribution < 1.29 is 27.5 Å². The number of benzene rings is 2. The number of rotatable bonds is 3. The summed E-state index contributed by atoms with van der Waals surface area (Å²) in [5.41, 5.74) is 0.715. The molecule has 0 aliphatic carbocycles. The summed E-state index contributed by atoms with van der Waals surface area (Å²) in [5.74, 6) is -0.483. The monoisotopic (exact) mass is 502 g/mol. The molecule has 36 heavy (non-hydrogen) atoms. The van der Waals surface area contributed by atoms with Crippen LogP contribution in [0.2, 0.25) is 0 Å². The van der Waals surface area contributed by atoms with Gasteiger partial charge in [0.25, 0.3) is 5.91 Å². The molecular weight excluding hydrogens is 473 g/mol. The number of ether oxygens (including phenoxy) is 1. The highest BCUT2D eigenvalue weighted by molar-refractivity contribution is 6.04. The molecule has 7 nitrogen and oxygen atoms in total. The van der Waals surface area contributed by atoms with Gasteiger partial charge >= 0.3 is 12.3 Å². The Bertz CT molecular complexity index is 1290. The summed E-state index contributed by atoms with van der Waals surface area (Å²) in [6, 6.07) is 9.74. The number of fused-ring (bicyclic) bond motifs is 1. The smallest absolute Gasteiger partial charge is 0.416 e. The van der Waals surface area contributed by atoms with Crippen molar-refractivity contribution >= 4 is 29.0 Å². The zero-order valence-electron chi connectivity index (χ0n) is 20.6. The van der Waals surface area contributed by atoms with E-state index in [1.807, 2.05) is 29.7 Å². The van der Waals surface area contributed by atoms with Gasteiger partial charge in [0.2, 0.25) is 5.95 Å². The molecule has 10 heteroatoms. The van der Waals surface area contributed by atoms with E-state index in [0.717, 1.165) is 36.1 Å². The number of imidazole rings is 1. The molecule has 1 fully saturated rings. The predicted octanol–water partition coefficient (Wildman–Crippen LogP) is 6.19. The van der Waals surface area contributed by atoms with Gasteiger partial charge in [-0.25, -0.2) is 9.78 Å². The van der Waals surface area contributed by atoms with Gasteiger partial charge in [0.1, 0.15) is 5.60 Å². The molecule has 192 valence electrons. The Morgan fingerprint density at radius 2 is 1.86 bits per heavy atom. The first-order valence-corrected chi connectivity index (χ1v) is 11.8. The van der Waals surface area contributed by atoms with Crippen molar-refractivity contribution in [3.63, 3.8) is 0 Å². The number of nitrogens with one attached hydrogen (secondary N) is 1. The number of alkyl halides is 3. The Hall–Kier alpha value is -3.56. The molecule has 0 saturated carbocycles. The van der Waals surface area contributed by atoms with E-state index in [0.29, 0.717) is 18.6 Å². The van der Waals surface area contributed by atoms with Gasteiger partial charge in [-0.3, -0.25) is 10.1 Å². The Kier molecular flexibility index (Phi) is 6.72. The lowest BCUT2D eigenvalue weighted by atomic mass is 10.1. The van der Waals surface area contributed by atoms with Crippen LogP contribution in [-0.4, -0.2) is 45.1 Å². The number of amides is 2. The number of carbonyl (C=O) groups excluding carboxylic acids is 2. The lowest BCUT2D eigenvalue weighted by Gasteiger charge is -2.35. The number of piperidine rings is 1. The van der Waals surface area contributed by atoms with Crippen molar-refractivity contribution in [2.75, 3.05) is 18.4 Å². The molecular formula is C26H29F3N4O3. The van der Waals surface area contributed by atoms with Crippen molar-refractivity contribution in [2.45, 2.75) is 58.4 Å². The molecule has 1 aliphatic heterocycles. The molecule has 1 saturated heterocycles. The fourth-order valence-corrected chi connectivity index (χ4v) is 4.33. The van der Waals surface area contributed by atoms with Crippen LogP contribution in [0.5, 0.6) is 0 Å². The van der Waals surface area contributed by atoms with Crippen molar-refractivity contribution in [1.82, 2.24) is 14.5 Å². The van der Waals surface area contributed by atoms with Crippen molar-refractivity contribution in [3.8, 4) is 0 Å². The van der Waals surface area contributed by atoms with E-state index in [1.165, 1.54) is 12.1 Å². The molecule has 0 unspecified atom stereocenters. The van der Waals surface area contributed by atoms with Gasteiger partial charge in [-0.2, -0.15) is 13.2 Å². The summed E-state index contributed by atoms with van der Waals surface area (Å²) in [7, 11) is 0. The molecule has 1 atom stereocenters. The van der Waals surface area contributed by atoms with Gasteiger partial charge in [0.05, 0.1) is 22.6 Å². The maximum absolute atomic E-state index is 13.2. The average molecular weight is 503 g/mol. The van der Waals surface area contributed by atoms with Crippen LogP contribution in [0.15, 0.2) is 42.5 Å². The van der Waals surface area contributed by atoms with Crippen LogP contribution in [0.3, 0.4) is 0 Å². The number of aromatic nitrogens is 2. The third kappa shape index (κ3) is 5.63. The summed E-state index contributed by atoms with van der Waals surface area (Å²) in [5, 5.41) is 2.70. The lowest BCUT2D eigenvalue weighted by molar-refractivity contribution is -0.137. The van der Waals surface area contributed by atoms with Crippen LogP contribution in [-0.2, 0) is 10.9 Å². The van der Waals surface area contributed by atoms with Crippen molar-refractivity contribution in [2.24, 2.45) is 0 Å². The first-order chi connectivity index (χ1) is 16.8. The molecule has 0 radical (unpaired) electrons. The van der Waals surface area contributed by atoms with E-state index < -0.39 is 29.3 Å². The molecule has 1 aromatic heterocycles. The Morgan fingerprint density at radius 3 is 2.56 bits per heavy atom. The highest BCUT2D eigenvalue weighted by Crippen LogP contribution is 2.33. The number of nitrogens with zero attached hydrogens (tertiary/aromatic N) is 3. The lowest BCUT2D eigenvalue weighted by Crippen LogP contribution is -2.43. The number of halogens is 3. The van der Waals surface area contributed by atoms with Crippen LogP contribution < -0.4 is 5.32 Å². The molecule has 1 N–H and O–H groups in total. The van der Waals surface area contributed by atoms with E-state index in [-0.39, 0.29) is 17.6 Å². The standard InChI is InChI=1S/C26H29F3N4O3/c1-16-10-11-21-20(13-16)30-23(31-22(34)17-7-5-8-18(14-17)26(27,28)29)33(21)19-9-6-12-32(15-19)24(35)36-25(2,3)4/h5,7-8,10-11,13-14,19H,6,9,12,15H2,1-4H3,(H,30,31,34)/t19-/m0/s1. The number of carbonyl (C=O) groups is 2. The van der Waals surface area contributed by atoms with Crippen molar-refractivity contribution in [3.05, 3.63) is 59.2 Å². The number of hydrogen-bond acceptors (Lipinski definition) is 4. The van der Waals surface area contributed by atoms with Crippen LogP contribution in [0.25, 0.3) is 11.0 Å². The quantitative estimate of drug-likeness (QED) is 0.464. The number of anilines is 1. The molecule has 2 amide bonds. The van der Waals surface area contributed by atoms with Gasteiger partial charge in [-0.15, -0.1) is 0 Å². The predicted molar refractivity (Wildman–Crippen MR) is 130 cm³/mol. The zero-order valence-corrected chi connectivity index (χ0v) is 20.6. The van der Waals surface area contributed by atoms with Gasteiger partial charge in [-0.1, -0.05) is 12.1 Å². The third-order valence-electron chi connectivity index (χ3n) is 5.94. The molecule has 3 aromatic rings. The fourth-order valence-electron chi connectivity index (χ4n) is 4.33. The normalized spacial score (nSPS) is 16.8. The number of aryl methyl sites for hydroxylation is 1. The maximum Gasteiger partial charge on any atom is 0.416 e. The largest absolute Gasteiger partial charge is 0.444 e. The Balaban J connectivity index is 1.67. The van der Waals surface area contributed by atoms with E-state index in [9.17, 15) is 22.8 Å². The topological polar surface area (TPSA) is 76.5 Å². The summed E-state index contributed by atoms with van der Waals surface area (Å²) in [6.07, 6.45) is -3.53. The summed E-state index contributed by atoms with van der Waals surface area (Å²) < 4.78 is 46.9. The van der Waals surface area contributed by atoms with Crippen LogP contribution in [0, 0.1) is 6.92 Å². The first-order valence-electron chi connectivity index (χ1n) is 11.8. The molecule has 0 bridgehead atoms. The SMILES string of the molecule is Cc1ccc2c(c1)nc(NC(=O)c1cccc(C(F)(F)F)c1)n2[C@H]1CCCN(C(=O)OC(C)(C)C)C1. The van der Waals surface area contributed by atoms with Gasteiger partial charge in [-0.05, 0) is 76.4 Å². The van der Waals surface area contributed by atoms with Gasteiger partial charge in [0.15, 0.2) is 0 Å². The molecule has 0 spiro atoms. The Labute approximate surface area is 207 Å². The van der Waals surface area contributed by atoms with Crippen LogP contribution >= 0.6 is 0 Å². The second-order valence-electron chi connectivity index (χ2n) is 10.1. The second kappa shape index (κ2) is 9.48. The highest BCUT2D eigenvalue weighted by atomic mass is 19.4. The van der Waals surface area contributed by atoms with Crippen LogP contribution in [0.4, 0.5) is 23.9 Å². The fraction of sp³-hybridized carbons (Fsp3) is 0.423. The maximum atomic E-state index is 13.2. The zero-order chi connectivity index (χ0) is 26.3. The molecule has 2 aromatic carbocycles. The number of hydrogen-bond donors (Lipinski definition) is 1. The summed E-state index contributed by atoms with van der Waals surface area (Å²) in [6.45, 7) is 8.23. The van der Waals surface area contributed by atoms with Gasteiger partial charge in [0, 0.05) is 18.7 Å².